The highest BCUT2D eigenvalue weighted by molar-refractivity contribution is 14.1. The third-order valence-corrected chi connectivity index (χ3v) is 7.02. The number of hydrogen-bond acceptors (Lipinski definition) is 4. The van der Waals surface area contributed by atoms with Gasteiger partial charge in [0.05, 0.1) is 9.47 Å². The standard InChI is InChI=1S/C12H12BrIN2O2S2/c1-15-7-8-6-11(12(13)19-8)20(17,18)16-10-5-3-2-4-9(10)14/h2-6,15-16H,7H2,1H3. The van der Waals surface area contributed by atoms with Crippen LogP contribution in [0.3, 0.4) is 0 Å². The van der Waals surface area contributed by atoms with Crippen LogP contribution in [0.2, 0.25) is 0 Å². The molecule has 0 spiro atoms. The molecule has 4 nitrogen and oxygen atoms in total. The molecule has 2 N–H and O–H groups in total. The van der Waals surface area contributed by atoms with Gasteiger partial charge in [-0.15, -0.1) is 11.3 Å². The minimum atomic E-state index is -3.58. The first-order valence-corrected chi connectivity index (χ1v) is 9.81. The van der Waals surface area contributed by atoms with Gasteiger partial charge in [-0.25, -0.2) is 8.42 Å². The summed E-state index contributed by atoms with van der Waals surface area (Å²) in [4.78, 5) is 1.23. The van der Waals surface area contributed by atoms with Crippen molar-refractivity contribution in [3.63, 3.8) is 0 Å². The van der Waals surface area contributed by atoms with E-state index in [1.807, 2.05) is 19.2 Å². The summed E-state index contributed by atoms with van der Waals surface area (Å²) in [7, 11) is -1.76. The fourth-order valence-electron chi connectivity index (χ4n) is 1.59. The van der Waals surface area contributed by atoms with Crippen LogP contribution in [0.5, 0.6) is 0 Å². The van der Waals surface area contributed by atoms with E-state index in [2.05, 4.69) is 48.6 Å². The van der Waals surface area contributed by atoms with Crippen LogP contribution in [0.15, 0.2) is 39.0 Å². The highest BCUT2D eigenvalue weighted by Crippen LogP contribution is 2.33. The first-order valence-electron chi connectivity index (χ1n) is 5.64. The number of halogens is 2. The van der Waals surface area contributed by atoms with Crippen LogP contribution in [-0.2, 0) is 16.6 Å². The maximum absolute atomic E-state index is 12.4. The minimum absolute atomic E-state index is 0.271. The number of rotatable bonds is 5. The van der Waals surface area contributed by atoms with Crippen LogP contribution in [-0.4, -0.2) is 15.5 Å². The van der Waals surface area contributed by atoms with Crippen LogP contribution >= 0.6 is 49.9 Å². The highest BCUT2D eigenvalue weighted by atomic mass is 127. The maximum atomic E-state index is 12.4. The molecule has 2 aromatic rings. The summed E-state index contributed by atoms with van der Waals surface area (Å²) < 4.78 is 29.0. The second-order valence-electron chi connectivity index (χ2n) is 3.97. The van der Waals surface area contributed by atoms with Crippen molar-refractivity contribution in [3.8, 4) is 0 Å². The number of thiophene rings is 1. The molecule has 0 fully saturated rings. The van der Waals surface area contributed by atoms with Gasteiger partial charge in [-0.2, -0.15) is 0 Å². The summed E-state index contributed by atoms with van der Waals surface area (Å²) in [5.41, 5.74) is 0.585. The van der Waals surface area contributed by atoms with Gasteiger partial charge in [0.25, 0.3) is 10.0 Å². The third kappa shape index (κ3) is 3.73. The monoisotopic (exact) mass is 486 g/mol. The van der Waals surface area contributed by atoms with Gasteiger partial charge >= 0.3 is 0 Å². The Balaban J connectivity index is 2.33. The summed E-state index contributed by atoms with van der Waals surface area (Å²) in [5.74, 6) is 0. The molecular weight excluding hydrogens is 475 g/mol. The normalized spacial score (nSPS) is 11.6. The largest absolute Gasteiger partial charge is 0.315 e. The van der Waals surface area contributed by atoms with E-state index in [1.54, 1.807) is 18.2 Å². The van der Waals surface area contributed by atoms with Crippen molar-refractivity contribution in [2.45, 2.75) is 11.4 Å². The van der Waals surface area contributed by atoms with Crippen molar-refractivity contribution >= 4 is 65.6 Å². The van der Waals surface area contributed by atoms with Crippen molar-refractivity contribution in [3.05, 3.63) is 42.6 Å². The topological polar surface area (TPSA) is 58.2 Å². The SMILES string of the molecule is CNCc1cc(S(=O)(=O)Nc2ccccc2I)c(Br)s1. The summed E-state index contributed by atoms with van der Waals surface area (Å²) >= 11 is 6.84. The highest BCUT2D eigenvalue weighted by Gasteiger charge is 2.21. The van der Waals surface area contributed by atoms with Crippen molar-refractivity contribution in [2.24, 2.45) is 0 Å². The number of para-hydroxylation sites is 1. The number of anilines is 1. The molecule has 0 amide bonds. The molecule has 1 aromatic heterocycles. The molecule has 0 atom stereocenters. The second kappa shape index (κ2) is 6.73. The van der Waals surface area contributed by atoms with Crippen LogP contribution in [0.1, 0.15) is 4.88 Å². The summed E-state index contributed by atoms with van der Waals surface area (Å²) in [6, 6.07) is 8.95. The molecule has 108 valence electrons. The van der Waals surface area contributed by atoms with Crippen LogP contribution in [0, 0.1) is 3.57 Å². The molecule has 0 bridgehead atoms. The number of hydrogen-bond donors (Lipinski definition) is 2. The predicted molar refractivity (Wildman–Crippen MR) is 94.8 cm³/mol. The Hall–Kier alpha value is -0.160. The van der Waals surface area contributed by atoms with E-state index in [1.165, 1.54) is 11.3 Å². The van der Waals surface area contributed by atoms with Gasteiger partial charge in [0, 0.05) is 15.0 Å². The maximum Gasteiger partial charge on any atom is 0.263 e. The van der Waals surface area contributed by atoms with Crippen LogP contribution in [0.4, 0.5) is 5.69 Å². The molecule has 0 saturated carbocycles. The Bertz CT molecular complexity index is 716. The molecule has 0 radical (unpaired) electrons. The number of benzene rings is 1. The van der Waals surface area contributed by atoms with Gasteiger partial charge in [0.2, 0.25) is 0 Å². The zero-order valence-electron chi connectivity index (χ0n) is 10.5. The zero-order valence-corrected chi connectivity index (χ0v) is 15.9. The fourth-order valence-corrected chi connectivity index (χ4v) is 6.07. The first-order chi connectivity index (χ1) is 9.44. The Morgan fingerprint density at radius 2 is 2.05 bits per heavy atom. The Labute approximate surface area is 144 Å². The van der Waals surface area contributed by atoms with E-state index in [0.717, 1.165) is 8.45 Å². The lowest BCUT2D eigenvalue weighted by Crippen LogP contribution is -2.13. The van der Waals surface area contributed by atoms with Gasteiger partial charge in [0.1, 0.15) is 4.90 Å². The van der Waals surface area contributed by atoms with Gasteiger partial charge in [-0.3, -0.25) is 4.72 Å². The minimum Gasteiger partial charge on any atom is -0.315 e. The van der Waals surface area contributed by atoms with E-state index in [9.17, 15) is 8.42 Å². The van der Waals surface area contributed by atoms with Crippen LogP contribution in [0.25, 0.3) is 0 Å². The quantitative estimate of drug-likeness (QED) is 0.634. The van der Waals surface area contributed by atoms with Gasteiger partial charge in [-0.1, -0.05) is 12.1 Å². The molecule has 1 aromatic carbocycles. The van der Waals surface area contributed by atoms with Crippen LogP contribution < -0.4 is 10.0 Å². The molecule has 1 heterocycles. The molecule has 0 saturated heterocycles. The molecule has 20 heavy (non-hydrogen) atoms. The smallest absolute Gasteiger partial charge is 0.263 e. The second-order valence-corrected chi connectivity index (χ2v) is 9.23. The number of nitrogens with one attached hydrogen (secondary N) is 2. The third-order valence-electron chi connectivity index (χ3n) is 2.47. The molecule has 0 aliphatic carbocycles. The lowest BCUT2D eigenvalue weighted by atomic mass is 10.3. The van der Waals surface area contributed by atoms with E-state index in [4.69, 9.17) is 0 Å². The van der Waals surface area contributed by atoms with E-state index in [0.29, 0.717) is 16.0 Å². The molecule has 0 aliphatic rings. The average molecular weight is 487 g/mol. The van der Waals surface area contributed by atoms with Gasteiger partial charge in [-0.05, 0) is 63.8 Å². The van der Waals surface area contributed by atoms with Crippen molar-refractivity contribution in [2.75, 3.05) is 11.8 Å². The lowest BCUT2D eigenvalue weighted by molar-refractivity contribution is 0.601. The van der Waals surface area contributed by atoms with E-state index < -0.39 is 10.0 Å². The molecule has 2 rings (SSSR count). The van der Waals surface area contributed by atoms with Gasteiger partial charge in [0.15, 0.2) is 0 Å². The molecule has 8 heteroatoms. The van der Waals surface area contributed by atoms with E-state index >= 15 is 0 Å². The Kier molecular flexibility index (Phi) is 5.46. The predicted octanol–water partition coefficient (Wildman–Crippen LogP) is 3.64. The lowest BCUT2D eigenvalue weighted by Gasteiger charge is -2.08. The van der Waals surface area contributed by atoms with Crippen molar-refractivity contribution in [1.29, 1.82) is 0 Å². The van der Waals surface area contributed by atoms with E-state index in [-0.39, 0.29) is 4.90 Å². The first kappa shape index (κ1) is 16.2. The van der Waals surface area contributed by atoms with Crippen molar-refractivity contribution in [1.82, 2.24) is 5.32 Å². The molecule has 0 unspecified atom stereocenters. The average Bonchev–Trinajstić information content (AvgIpc) is 2.74. The number of sulfonamides is 1. The fraction of sp³-hybridized carbons (Fsp3) is 0.167. The van der Waals surface area contributed by atoms with Gasteiger partial charge < -0.3 is 5.32 Å². The molecular formula is C12H12BrIN2O2S2. The van der Waals surface area contributed by atoms with Crippen molar-refractivity contribution < 1.29 is 8.42 Å². The Morgan fingerprint density at radius 3 is 2.70 bits per heavy atom. The molecule has 0 aliphatic heterocycles. The Morgan fingerprint density at radius 1 is 1.35 bits per heavy atom. The zero-order chi connectivity index (χ0) is 14.8. The summed E-state index contributed by atoms with van der Waals surface area (Å²) in [6.45, 7) is 0.641. The summed E-state index contributed by atoms with van der Waals surface area (Å²) in [6.07, 6.45) is 0. The summed E-state index contributed by atoms with van der Waals surface area (Å²) in [5, 5.41) is 3.01.